The van der Waals surface area contributed by atoms with Crippen molar-refractivity contribution < 1.29 is 14.3 Å². The Kier molecular flexibility index (Phi) is 4.63. The molecule has 2 N–H and O–H groups in total. The molecule has 25 heavy (non-hydrogen) atoms. The second-order valence-electron chi connectivity index (χ2n) is 5.42. The van der Waals surface area contributed by atoms with E-state index in [1.54, 1.807) is 12.3 Å². The highest BCUT2D eigenvalue weighted by Crippen LogP contribution is 2.23. The second-order valence-corrected chi connectivity index (χ2v) is 5.86. The lowest BCUT2D eigenvalue weighted by Crippen LogP contribution is -2.41. The number of hydrogen-bond donors (Lipinski definition) is 2. The summed E-state index contributed by atoms with van der Waals surface area (Å²) in [5.74, 6) is -0.579. The Morgan fingerprint density at radius 3 is 2.44 bits per heavy atom. The van der Waals surface area contributed by atoms with E-state index in [2.05, 4.69) is 10.9 Å². The van der Waals surface area contributed by atoms with Crippen molar-refractivity contribution in [1.29, 1.82) is 0 Å². The van der Waals surface area contributed by atoms with Crippen molar-refractivity contribution in [1.82, 2.24) is 15.4 Å². The smallest absolute Gasteiger partial charge is 0.273 e. The van der Waals surface area contributed by atoms with Crippen molar-refractivity contribution in [2.75, 3.05) is 7.11 Å². The topological polar surface area (TPSA) is 72.4 Å². The van der Waals surface area contributed by atoms with Crippen LogP contribution in [0.1, 0.15) is 20.7 Å². The van der Waals surface area contributed by atoms with Gasteiger partial charge < -0.3 is 9.30 Å². The van der Waals surface area contributed by atoms with Gasteiger partial charge in [0.25, 0.3) is 11.8 Å². The number of amides is 2. The second kappa shape index (κ2) is 6.86. The molecule has 3 aromatic rings. The van der Waals surface area contributed by atoms with E-state index in [4.69, 9.17) is 16.3 Å². The molecule has 2 aromatic carbocycles. The number of carbonyl (C=O) groups excluding carboxylic acids is 2. The van der Waals surface area contributed by atoms with Gasteiger partial charge in [-0.3, -0.25) is 20.4 Å². The summed E-state index contributed by atoms with van der Waals surface area (Å²) in [6, 6.07) is 12.2. The summed E-state index contributed by atoms with van der Waals surface area (Å²) in [4.78, 5) is 24.7. The van der Waals surface area contributed by atoms with Gasteiger partial charge in [0.2, 0.25) is 0 Å². The number of benzene rings is 2. The van der Waals surface area contributed by atoms with Gasteiger partial charge in [-0.15, -0.1) is 0 Å². The van der Waals surface area contributed by atoms with Crippen LogP contribution in [0.4, 0.5) is 0 Å². The molecular formula is C18H16ClN3O3. The van der Waals surface area contributed by atoms with Crippen LogP contribution in [0.2, 0.25) is 5.02 Å². The van der Waals surface area contributed by atoms with Crippen LogP contribution >= 0.6 is 11.6 Å². The third-order valence-electron chi connectivity index (χ3n) is 3.84. The lowest BCUT2D eigenvalue weighted by atomic mass is 10.1. The van der Waals surface area contributed by atoms with Gasteiger partial charge in [0, 0.05) is 29.2 Å². The van der Waals surface area contributed by atoms with E-state index in [1.807, 2.05) is 35.9 Å². The maximum Gasteiger partial charge on any atom is 0.273 e. The van der Waals surface area contributed by atoms with E-state index in [0.29, 0.717) is 16.3 Å². The lowest BCUT2D eigenvalue weighted by Gasteiger charge is -2.10. The van der Waals surface area contributed by atoms with Crippen LogP contribution in [0, 0.1) is 0 Å². The molecule has 7 heteroatoms. The number of carbonyl (C=O) groups is 2. The molecule has 3 rings (SSSR count). The number of aryl methyl sites for hydroxylation is 1. The SMILES string of the molecule is COc1cc(Cl)ccc1C(=O)NNC(=O)c1cn(C)c2ccccc12. The molecule has 128 valence electrons. The fourth-order valence-electron chi connectivity index (χ4n) is 2.62. The van der Waals surface area contributed by atoms with E-state index < -0.39 is 11.8 Å². The van der Waals surface area contributed by atoms with Crippen LogP contribution < -0.4 is 15.6 Å². The fraction of sp³-hybridized carbons (Fsp3) is 0.111. The van der Waals surface area contributed by atoms with Crippen LogP contribution in [-0.2, 0) is 7.05 Å². The maximum absolute atomic E-state index is 12.4. The summed E-state index contributed by atoms with van der Waals surface area (Å²) in [6.45, 7) is 0. The molecule has 1 aromatic heterocycles. The van der Waals surface area contributed by atoms with Crippen molar-refractivity contribution in [3.05, 3.63) is 64.8 Å². The average Bonchev–Trinajstić information content (AvgIpc) is 2.96. The maximum atomic E-state index is 12.4. The van der Waals surface area contributed by atoms with Gasteiger partial charge in [0.05, 0.1) is 18.2 Å². The highest BCUT2D eigenvalue weighted by atomic mass is 35.5. The summed E-state index contributed by atoms with van der Waals surface area (Å²) in [6.07, 6.45) is 1.72. The summed E-state index contributed by atoms with van der Waals surface area (Å²) >= 11 is 5.88. The van der Waals surface area contributed by atoms with Gasteiger partial charge in [-0.25, -0.2) is 0 Å². The zero-order chi connectivity index (χ0) is 18.0. The van der Waals surface area contributed by atoms with E-state index in [-0.39, 0.29) is 5.56 Å². The number of ether oxygens (including phenoxy) is 1. The van der Waals surface area contributed by atoms with Crippen molar-refractivity contribution in [2.24, 2.45) is 7.05 Å². The molecule has 0 saturated heterocycles. The molecule has 0 aliphatic heterocycles. The van der Waals surface area contributed by atoms with Crippen LogP contribution in [-0.4, -0.2) is 23.5 Å². The fourth-order valence-corrected chi connectivity index (χ4v) is 2.79. The zero-order valence-corrected chi connectivity index (χ0v) is 14.4. The van der Waals surface area contributed by atoms with Crippen LogP contribution in [0.5, 0.6) is 5.75 Å². The first-order chi connectivity index (χ1) is 12.0. The molecule has 0 saturated carbocycles. The van der Waals surface area contributed by atoms with Crippen molar-refractivity contribution in [3.8, 4) is 5.75 Å². The Morgan fingerprint density at radius 1 is 1.04 bits per heavy atom. The monoisotopic (exact) mass is 357 g/mol. The predicted octanol–water partition coefficient (Wildman–Crippen LogP) is 2.92. The molecule has 0 bridgehead atoms. The number of methoxy groups -OCH3 is 1. The minimum absolute atomic E-state index is 0.269. The summed E-state index contributed by atoms with van der Waals surface area (Å²) in [5, 5.41) is 1.26. The predicted molar refractivity (Wildman–Crippen MR) is 95.9 cm³/mol. The number of nitrogens with zero attached hydrogens (tertiary/aromatic N) is 1. The van der Waals surface area contributed by atoms with Gasteiger partial charge >= 0.3 is 0 Å². The number of hydrazine groups is 1. The third-order valence-corrected chi connectivity index (χ3v) is 4.07. The molecule has 0 aliphatic carbocycles. The number of fused-ring (bicyclic) bond motifs is 1. The Hall–Kier alpha value is -2.99. The van der Waals surface area contributed by atoms with Crippen LogP contribution in [0.3, 0.4) is 0 Å². The number of rotatable bonds is 3. The molecule has 1 heterocycles. The molecule has 0 fully saturated rings. The molecular weight excluding hydrogens is 342 g/mol. The van der Waals surface area contributed by atoms with E-state index >= 15 is 0 Å². The first kappa shape index (κ1) is 16.9. The minimum Gasteiger partial charge on any atom is -0.496 e. The summed E-state index contributed by atoms with van der Waals surface area (Å²) in [5.41, 5.74) is 6.49. The lowest BCUT2D eigenvalue weighted by molar-refractivity contribution is 0.0845. The molecule has 6 nitrogen and oxygen atoms in total. The highest BCUT2D eigenvalue weighted by molar-refractivity contribution is 6.30. The van der Waals surface area contributed by atoms with Gasteiger partial charge in [-0.1, -0.05) is 29.8 Å². The minimum atomic E-state index is -0.498. The first-order valence-electron chi connectivity index (χ1n) is 7.49. The van der Waals surface area contributed by atoms with E-state index in [1.165, 1.54) is 19.2 Å². The number of halogens is 1. The molecule has 0 atom stereocenters. The number of hydrogen-bond acceptors (Lipinski definition) is 3. The van der Waals surface area contributed by atoms with E-state index in [0.717, 1.165) is 10.9 Å². The van der Waals surface area contributed by atoms with Gasteiger partial charge in [0.1, 0.15) is 5.75 Å². The standard InChI is InChI=1S/C18H16ClN3O3/c1-22-10-14(12-5-3-4-6-15(12)22)18(24)21-20-17(23)13-8-7-11(19)9-16(13)25-2/h3-10H,1-2H3,(H,20,23)(H,21,24). The van der Waals surface area contributed by atoms with Gasteiger partial charge in [-0.2, -0.15) is 0 Å². The largest absolute Gasteiger partial charge is 0.496 e. The molecule has 2 amide bonds. The molecule has 0 aliphatic rings. The van der Waals surface area contributed by atoms with Gasteiger partial charge in [-0.05, 0) is 24.3 Å². The average molecular weight is 358 g/mol. The summed E-state index contributed by atoms with van der Waals surface area (Å²) < 4.78 is 6.99. The molecule has 0 spiro atoms. The summed E-state index contributed by atoms with van der Waals surface area (Å²) in [7, 11) is 3.30. The Labute approximate surface area is 149 Å². The van der Waals surface area contributed by atoms with Crippen LogP contribution in [0.15, 0.2) is 48.7 Å². The van der Waals surface area contributed by atoms with Gasteiger partial charge in [0.15, 0.2) is 0 Å². The normalized spacial score (nSPS) is 10.5. The van der Waals surface area contributed by atoms with E-state index in [9.17, 15) is 9.59 Å². The number of aromatic nitrogens is 1. The Morgan fingerprint density at radius 2 is 1.72 bits per heavy atom. The zero-order valence-electron chi connectivity index (χ0n) is 13.7. The third kappa shape index (κ3) is 3.29. The van der Waals surface area contributed by atoms with Crippen molar-refractivity contribution >= 4 is 34.3 Å². The number of para-hydroxylation sites is 1. The first-order valence-corrected chi connectivity index (χ1v) is 7.87. The number of nitrogens with one attached hydrogen (secondary N) is 2. The highest BCUT2D eigenvalue weighted by Gasteiger charge is 2.16. The quantitative estimate of drug-likeness (QED) is 0.708. The van der Waals surface area contributed by atoms with Crippen LogP contribution in [0.25, 0.3) is 10.9 Å². The Bertz CT molecular complexity index is 965. The molecule has 0 unspecified atom stereocenters. The van der Waals surface area contributed by atoms with Crippen molar-refractivity contribution in [3.63, 3.8) is 0 Å². The van der Waals surface area contributed by atoms with Crippen molar-refractivity contribution in [2.45, 2.75) is 0 Å². The Balaban J connectivity index is 1.77. The molecule has 0 radical (unpaired) electrons.